The van der Waals surface area contributed by atoms with Gasteiger partial charge in [-0.1, -0.05) is 0 Å². The molecule has 0 saturated carbocycles. The van der Waals surface area contributed by atoms with Crippen molar-refractivity contribution < 1.29 is 18.3 Å². The third kappa shape index (κ3) is 4.39. The summed E-state index contributed by atoms with van der Waals surface area (Å²) in [5, 5.41) is 9.34. The summed E-state index contributed by atoms with van der Waals surface area (Å²) in [5.41, 5.74) is 0. The van der Waals surface area contributed by atoms with Gasteiger partial charge in [0.1, 0.15) is 0 Å². The van der Waals surface area contributed by atoms with Gasteiger partial charge in [0.05, 0.1) is 19.5 Å². The van der Waals surface area contributed by atoms with Gasteiger partial charge in [0.25, 0.3) is 0 Å². The average molecular weight is 292 g/mol. The van der Waals surface area contributed by atoms with Crippen LogP contribution in [0.3, 0.4) is 0 Å². The van der Waals surface area contributed by atoms with E-state index in [0.717, 1.165) is 39.3 Å². The Balaban J connectivity index is 1.95. The quantitative estimate of drug-likeness (QED) is 0.735. The minimum atomic E-state index is -3.16. The molecule has 0 aromatic carbocycles. The van der Waals surface area contributed by atoms with E-state index in [0.29, 0.717) is 19.0 Å². The predicted octanol–water partition coefficient (Wildman–Crippen LogP) is -0.791. The van der Waals surface area contributed by atoms with Gasteiger partial charge < -0.3 is 9.84 Å². The van der Waals surface area contributed by atoms with Crippen molar-refractivity contribution in [2.24, 2.45) is 11.8 Å². The third-order valence-electron chi connectivity index (χ3n) is 3.94. The molecule has 0 aliphatic carbocycles. The second kappa shape index (κ2) is 6.49. The summed E-state index contributed by atoms with van der Waals surface area (Å²) in [5.74, 6) is 0.369. The normalized spacial score (nSPS) is 31.5. The zero-order valence-electron chi connectivity index (χ0n) is 11.5. The molecule has 0 aromatic heterocycles. The summed E-state index contributed by atoms with van der Waals surface area (Å²) in [4.78, 5) is 2.33. The van der Waals surface area contributed by atoms with E-state index < -0.39 is 10.0 Å². The SMILES string of the molecule is CS(=O)(=O)N1C[C@@H](CN2CCOCC2)C[C@H](CO)C1. The summed E-state index contributed by atoms with van der Waals surface area (Å²) in [6.07, 6.45) is 2.15. The second-order valence-electron chi connectivity index (χ2n) is 5.64. The molecule has 2 heterocycles. The first kappa shape index (κ1) is 15.2. The van der Waals surface area contributed by atoms with Crippen molar-refractivity contribution in [1.82, 2.24) is 9.21 Å². The average Bonchev–Trinajstić information content (AvgIpc) is 2.38. The minimum absolute atomic E-state index is 0.0611. The fraction of sp³-hybridized carbons (Fsp3) is 1.00. The Morgan fingerprint density at radius 2 is 1.84 bits per heavy atom. The molecule has 6 nitrogen and oxygen atoms in total. The molecule has 2 atom stereocenters. The standard InChI is InChI=1S/C12H24N2O4S/c1-19(16,17)14-8-11(6-12(9-14)10-15)7-13-2-4-18-5-3-13/h11-12,15H,2-10H2,1H3/t11-,12+/m1/s1. The van der Waals surface area contributed by atoms with Crippen LogP contribution >= 0.6 is 0 Å². The summed E-state index contributed by atoms with van der Waals surface area (Å²) in [7, 11) is -3.16. The van der Waals surface area contributed by atoms with Gasteiger partial charge in [-0.15, -0.1) is 0 Å². The number of morpholine rings is 1. The van der Waals surface area contributed by atoms with Gasteiger partial charge in [-0.05, 0) is 18.3 Å². The minimum Gasteiger partial charge on any atom is -0.396 e. The first-order valence-corrected chi connectivity index (χ1v) is 8.70. The first-order chi connectivity index (χ1) is 8.99. The van der Waals surface area contributed by atoms with E-state index >= 15 is 0 Å². The molecule has 0 unspecified atom stereocenters. The monoisotopic (exact) mass is 292 g/mol. The Hall–Kier alpha value is -0.210. The molecule has 2 saturated heterocycles. The van der Waals surface area contributed by atoms with Crippen LogP contribution in [-0.4, -0.2) is 81.5 Å². The molecule has 19 heavy (non-hydrogen) atoms. The molecular weight excluding hydrogens is 268 g/mol. The lowest BCUT2D eigenvalue weighted by Gasteiger charge is -2.38. The third-order valence-corrected chi connectivity index (χ3v) is 5.17. The first-order valence-electron chi connectivity index (χ1n) is 6.85. The van der Waals surface area contributed by atoms with Crippen molar-refractivity contribution in [1.29, 1.82) is 0 Å². The van der Waals surface area contributed by atoms with Gasteiger partial charge in [0, 0.05) is 39.3 Å². The highest BCUT2D eigenvalue weighted by molar-refractivity contribution is 7.88. The lowest BCUT2D eigenvalue weighted by molar-refractivity contribution is 0.0208. The molecule has 7 heteroatoms. The maximum Gasteiger partial charge on any atom is 0.211 e. The van der Waals surface area contributed by atoms with E-state index in [-0.39, 0.29) is 12.5 Å². The van der Waals surface area contributed by atoms with E-state index in [1.807, 2.05) is 0 Å². The lowest BCUT2D eigenvalue weighted by Crippen LogP contribution is -2.49. The van der Waals surface area contributed by atoms with Crippen LogP contribution < -0.4 is 0 Å². The number of piperidine rings is 1. The molecule has 2 aliphatic heterocycles. The van der Waals surface area contributed by atoms with E-state index in [4.69, 9.17) is 4.74 Å². The zero-order chi connectivity index (χ0) is 13.9. The molecule has 2 aliphatic rings. The molecular formula is C12H24N2O4S. The number of ether oxygens (including phenoxy) is 1. The van der Waals surface area contributed by atoms with Crippen LogP contribution in [0.4, 0.5) is 0 Å². The Morgan fingerprint density at radius 1 is 1.21 bits per heavy atom. The number of nitrogens with zero attached hydrogens (tertiary/aromatic N) is 2. The molecule has 2 rings (SSSR count). The Morgan fingerprint density at radius 3 is 2.42 bits per heavy atom. The molecule has 1 N–H and O–H groups in total. The van der Waals surface area contributed by atoms with Gasteiger partial charge in [-0.2, -0.15) is 0 Å². The summed E-state index contributed by atoms with van der Waals surface area (Å²) in [6, 6.07) is 0. The van der Waals surface area contributed by atoms with Crippen molar-refractivity contribution in [3.63, 3.8) is 0 Å². The Kier molecular flexibility index (Phi) is 5.19. The van der Waals surface area contributed by atoms with E-state index in [1.54, 1.807) is 0 Å². The summed E-state index contributed by atoms with van der Waals surface area (Å²) in [6.45, 7) is 5.33. The summed E-state index contributed by atoms with van der Waals surface area (Å²) < 4.78 is 30.2. The van der Waals surface area contributed by atoms with Crippen LogP contribution in [0.25, 0.3) is 0 Å². The topological polar surface area (TPSA) is 70.1 Å². The van der Waals surface area contributed by atoms with Crippen molar-refractivity contribution in [3.8, 4) is 0 Å². The highest BCUT2D eigenvalue weighted by Crippen LogP contribution is 2.24. The van der Waals surface area contributed by atoms with Gasteiger partial charge in [-0.3, -0.25) is 4.90 Å². The molecule has 2 fully saturated rings. The van der Waals surface area contributed by atoms with E-state index in [1.165, 1.54) is 10.6 Å². The fourth-order valence-electron chi connectivity index (χ4n) is 2.96. The summed E-state index contributed by atoms with van der Waals surface area (Å²) >= 11 is 0. The van der Waals surface area contributed by atoms with Crippen molar-refractivity contribution in [3.05, 3.63) is 0 Å². The molecule has 0 amide bonds. The zero-order valence-corrected chi connectivity index (χ0v) is 12.3. The highest BCUT2D eigenvalue weighted by Gasteiger charge is 2.32. The van der Waals surface area contributed by atoms with E-state index in [2.05, 4.69) is 4.90 Å². The lowest BCUT2D eigenvalue weighted by atomic mass is 9.90. The van der Waals surface area contributed by atoms with Crippen molar-refractivity contribution >= 4 is 10.0 Å². The van der Waals surface area contributed by atoms with Crippen LogP contribution in [0.1, 0.15) is 6.42 Å². The van der Waals surface area contributed by atoms with Crippen LogP contribution in [0.2, 0.25) is 0 Å². The maximum atomic E-state index is 11.7. The van der Waals surface area contributed by atoms with Gasteiger partial charge in [0.15, 0.2) is 0 Å². The maximum absolute atomic E-state index is 11.7. The fourth-order valence-corrected chi connectivity index (χ4v) is 3.92. The Bertz CT molecular complexity index is 381. The van der Waals surface area contributed by atoms with Gasteiger partial charge in [0.2, 0.25) is 10.0 Å². The molecule has 0 radical (unpaired) electrons. The van der Waals surface area contributed by atoms with Crippen molar-refractivity contribution in [2.75, 3.05) is 58.8 Å². The molecule has 0 bridgehead atoms. The highest BCUT2D eigenvalue weighted by atomic mass is 32.2. The van der Waals surface area contributed by atoms with E-state index in [9.17, 15) is 13.5 Å². The number of hydrogen-bond donors (Lipinski definition) is 1. The van der Waals surface area contributed by atoms with Crippen LogP contribution in [-0.2, 0) is 14.8 Å². The number of aliphatic hydroxyl groups is 1. The van der Waals surface area contributed by atoms with Crippen LogP contribution in [0, 0.1) is 11.8 Å². The number of rotatable bonds is 4. The van der Waals surface area contributed by atoms with Crippen molar-refractivity contribution in [2.45, 2.75) is 6.42 Å². The van der Waals surface area contributed by atoms with Gasteiger partial charge >= 0.3 is 0 Å². The molecule has 0 aromatic rings. The molecule has 112 valence electrons. The number of aliphatic hydroxyl groups excluding tert-OH is 1. The molecule has 0 spiro atoms. The second-order valence-corrected chi connectivity index (χ2v) is 7.63. The smallest absolute Gasteiger partial charge is 0.211 e. The number of hydrogen-bond acceptors (Lipinski definition) is 5. The van der Waals surface area contributed by atoms with Gasteiger partial charge in [-0.25, -0.2) is 12.7 Å². The van der Waals surface area contributed by atoms with Crippen LogP contribution in [0.5, 0.6) is 0 Å². The number of sulfonamides is 1. The predicted molar refractivity (Wildman–Crippen MR) is 72.4 cm³/mol. The Labute approximate surface area is 115 Å². The largest absolute Gasteiger partial charge is 0.396 e. The van der Waals surface area contributed by atoms with Crippen LogP contribution in [0.15, 0.2) is 0 Å².